The van der Waals surface area contributed by atoms with Crippen LogP contribution in [0.25, 0.3) is 5.69 Å². The zero-order chi connectivity index (χ0) is 14.7. The molecule has 0 amide bonds. The molecule has 1 fully saturated rings. The van der Waals surface area contributed by atoms with Gasteiger partial charge in [0.2, 0.25) is 0 Å². The van der Waals surface area contributed by atoms with E-state index in [1.807, 2.05) is 18.2 Å². The molecule has 0 spiro atoms. The van der Waals surface area contributed by atoms with Crippen molar-refractivity contribution in [3.8, 4) is 5.69 Å². The largest absolute Gasteiger partial charge is 0.381 e. The molecule has 1 aliphatic carbocycles. The van der Waals surface area contributed by atoms with Gasteiger partial charge in [-0.15, -0.1) is 5.10 Å². The quantitative estimate of drug-likeness (QED) is 0.941. The Morgan fingerprint density at radius 3 is 3.05 bits per heavy atom. The van der Waals surface area contributed by atoms with Gasteiger partial charge in [0.05, 0.1) is 22.5 Å². The van der Waals surface area contributed by atoms with Crippen LogP contribution in [0.2, 0.25) is 5.02 Å². The lowest BCUT2D eigenvalue weighted by molar-refractivity contribution is 0.0669. The van der Waals surface area contributed by atoms with Crippen LogP contribution in [-0.2, 0) is 4.74 Å². The Bertz CT molecular complexity index is 589. The molecular formula is C14H18ClN5O. The molecule has 0 aliphatic heterocycles. The normalized spacial score (nSPS) is 22.2. The van der Waals surface area contributed by atoms with E-state index in [2.05, 4.69) is 20.8 Å². The van der Waals surface area contributed by atoms with E-state index in [9.17, 15) is 0 Å². The van der Waals surface area contributed by atoms with Crippen LogP contribution < -0.4 is 5.32 Å². The second-order valence-electron chi connectivity index (χ2n) is 5.28. The first-order valence-electron chi connectivity index (χ1n) is 7.08. The summed E-state index contributed by atoms with van der Waals surface area (Å²) in [6.07, 6.45) is 6.33. The van der Waals surface area contributed by atoms with Crippen molar-refractivity contribution in [2.75, 3.05) is 12.4 Å². The Hall–Kier alpha value is -1.66. The minimum absolute atomic E-state index is 0.331. The summed E-state index contributed by atoms with van der Waals surface area (Å²) in [6.45, 7) is 0. The van der Waals surface area contributed by atoms with Crippen molar-refractivity contribution >= 4 is 17.3 Å². The number of tetrazole rings is 1. The van der Waals surface area contributed by atoms with Crippen molar-refractivity contribution in [3.05, 3.63) is 29.5 Å². The number of ether oxygens (including phenoxy) is 1. The van der Waals surface area contributed by atoms with Gasteiger partial charge < -0.3 is 10.1 Å². The molecule has 21 heavy (non-hydrogen) atoms. The van der Waals surface area contributed by atoms with Crippen LogP contribution in [0.1, 0.15) is 25.7 Å². The van der Waals surface area contributed by atoms with Crippen LogP contribution in [0.4, 0.5) is 5.69 Å². The van der Waals surface area contributed by atoms with Crippen molar-refractivity contribution < 1.29 is 4.74 Å². The lowest BCUT2D eigenvalue weighted by atomic mass is 9.92. The van der Waals surface area contributed by atoms with Crippen LogP contribution in [0.3, 0.4) is 0 Å². The van der Waals surface area contributed by atoms with Gasteiger partial charge in [0.25, 0.3) is 0 Å². The molecule has 2 unspecified atom stereocenters. The number of hydrogen-bond acceptors (Lipinski definition) is 5. The Labute approximate surface area is 128 Å². The third-order valence-corrected chi connectivity index (χ3v) is 4.21. The van der Waals surface area contributed by atoms with Gasteiger partial charge in [-0.05, 0) is 54.3 Å². The highest BCUT2D eigenvalue weighted by Gasteiger charge is 2.22. The molecule has 0 bridgehead atoms. The monoisotopic (exact) mass is 307 g/mol. The van der Waals surface area contributed by atoms with Gasteiger partial charge in [-0.1, -0.05) is 11.6 Å². The number of nitrogens with one attached hydrogen (secondary N) is 1. The van der Waals surface area contributed by atoms with Crippen molar-refractivity contribution in [1.29, 1.82) is 0 Å². The van der Waals surface area contributed by atoms with Gasteiger partial charge in [0, 0.05) is 13.2 Å². The number of rotatable bonds is 4. The summed E-state index contributed by atoms with van der Waals surface area (Å²) in [4.78, 5) is 0. The summed E-state index contributed by atoms with van der Waals surface area (Å²) in [6, 6.07) is 6.10. The number of anilines is 1. The number of hydrogen-bond donors (Lipinski definition) is 1. The summed E-state index contributed by atoms with van der Waals surface area (Å²) in [5.41, 5.74) is 1.79. The molecular weight excluding hydrogens is 290 g/mol. The van der Waals surface area contributed by atoms with Crippen LogP contribution in [0.5, 0.6) is 0 Å². The van der Waals surface area contributed by atoms with Gasteiger partial charge in [0.15, 0.2) is 0 Å². The van der Waals surface area contributed by atoms with Gasteiger partial charge in [-0.3, -0.25) is 0 Å². The Morgan fingerprint density at radius 1 is 1.38 bits per heavy atom. The van der Waals surface area contributed by atoms with E-state index < -0.39 is 0 Å². The molecule has 112 valence electrons. The number of methoxy groups -OCH3 is 1. The van der Waals surface area contributed by atoms with Gasteiger partial charge in [-0.2, -0.15) is 0 Å². The first-order valence-corrected chi connectivity index (χ1v) is 7.46. The summed E-state index contributed by atoms with van der Waals surface area (Å²) in [5, 5.41) is 15.4. The highest BCUT2D eigenvalue weighted by atomic mass is 35.5. The minimum Gasteiger partial charge on any atom is -0.381 e. The fourth-order valence-electron chi connectivity index (χ4n) is 2.76. The Kier molecular flexibility index (Phi) is 4.36. The molecule has 3 rings (SSSR count). The summed E-state index contributed by atoms with van der Waals surface area (Å²) >= 11 is 6.29. The van der Waals surface area contributed by atoms with Crippen molar-refractivity contribution in [2.45, 2.75) is 37.8 Å². The summed E-state index contributed by atoms with van der Waals surface area (Å²) in [5.74, 6) is 0. The lowest BCUT2D eigenvalue weighted by Gasteiger charge is -2.29. The predicted octanol–water partition coefficient (Wildman–Crippen LogP) is 2.69. The highest BCUT2D eigenvalue weighted by molar-refractivity contribution is 6.33. The molecule has 1 saturated carbocycles. The van der Waals surface area contributed by atoms with E-state index in [-0.39, 0.29) is 0 Å². The molecule has 1 heterocycles. The zero-order valence-corrected chi connectivity index (χ0v) is 12.6. The van der Waals surface area contributed by atoms with Crippen LogP contribution >= 0.6 is 11.6 Å². The van der Waals surface area contributed by atoms with Crippen LogP contribution in [-0.4, -0.2) is 39.5 Å². The molecule has 1 aliphatic rings. The van der Waals surface area contributed by atoms with Crippen molar-refractivity contribution in [3.63, 3.8) is 0 Å². The van der Waals surface area contributed by atoms with Gasteiger partial charge in [-0.25, -0.2) is 4.68 Å². The van der Waals surface area contributed by atoms with E-state index in [0.717, 1.165) is 30.6 Å². The number of nitrogens with zero attached hydrogens (tertiary/aromatic N) is 4. The van der Waals surface area contributed by atoms with Gasteiger partial charge >= 0.3 is 0 Å². The summed E-state index contributed by atoms with van der Waals surface area (Å²) in [7, 11) is 1.78. The third kappa shape index (κ3) is 3.33. The van der Waals surface area contributed by atoms with E-state index >= 15 is 0 Å². The van der Waals surface area contributed by atoms with Crippen molar-refractivity contribution in [1.82, 2.24) is 20.2 Å². The fraction of sp³-hybridized carbons (Fsp3) is 0.500. The fourth-order valence-corrected chi connectivity index (χ4v) is 2.93. The van der Waals surface area contributed by atoms with E-state index in [1.54, 1.807) is 18.1 Å². The van der Waals surface area contributed by atoms with Gasteiger partial charge in [0.1, 0.15) is 6.33 Å². The molecule has 1 aromatic carbocycles. The maximum Gasteiger partial charge on any atom is 0.143 e. The average Bonchev–Trinajstić information content (AvgIpc) is 3.04. The molecule has 2 aromatic rings. The number of halogens is 1. The maximum absolute atomic E-state index is 6.29. The molecule has 1 N–H and O–H groups in total. The van der Waals surface area contributed by atoms with Crippen LogP contribution in [0.15, 0.2) is 24.5 Å². The lowest BCUT2D eigenvalue weighted by Crippen LogP contribution is -2.31. The zero-order valence-electron chi connectivity index (χ0n) is 11.9. The number of benzene rings is 1. The van der Waals surface area contributed by atoms with E-state index in [0.29, 0.717) is 17.2 Å². The topological polar surface area (TPSA) is 64.9 Å². The number of aromatic nitrogens is 4. The smallest absolute Gasteiger partial charge is 0.143 e. The average molecular weight is 308 g/mol. The SMILES string of the molecule is COC1CCCC(Nc2cc(-n3cnnn3)ccc2Cl)C1. The Balaban J connectivity index is 1.77. The first kappa shape index (κ1) is 14.3. The molecule has 6 nitrogen and oxygen atoms in total. The standard InChI is InChI=1S/C14H18ClN5O/c1-21-12-4-2-3-10(7-12)17-14-8-11(5-6-13(14)15)20-9-16-18-19-20/h5-6,8-10,12,17H,2-4,7H2,1H3. The predicted molar refractivity (Wildman–Crippen MR) is 80.8 cm³/mol. The maximum atomic E-state index is 6.29. The molecule has 0 saturated heterocycles. The molecule has 1 aromatic heterocycles. The third-order valence-electron chi connectivity index (χ3n) is 3.88. The first-order chi connectivity index (χ1) is 10.3. The van der Waals surface area contributed by atoms with E-state index in [4.69, 9.17) is 16.3 Å². The second-order valence-corrected chi connectivity index (χ2v) is 5.69. The van der Waals surface area contributed by atoms with Crippen molar-refractivity contribution in [2.24, 2.45) is 0 Å². The molecule has 2 atom stereocenters. The molecule has 0 radical (unpaired) electrons. The van der Waals surface area contributed by atoms with Crippen LogP contribution in [0, 0.1) is 0 Å². The van der Waals surface area contributed by atoms with E-state index in [1.165, 1.54) is 6.42 Å². The second kappa shape index (κ2) is 6.41. The minimum atomic E-state index is 0.331. The summed E-state index contributed by atoms with van der Waals surface area (Å²) < 4.78 is 7.08. The Morgan fingerprint density at radius 2 is 2.29 bits per heavy atom. The molecule has 7 heteroatoms. The highest BCUT2D eigenvalue weighted by Crippen LogP contribution is 2.29.